The molecule has 1 unspecified atom stereocenters. The number of sulfone groups is 1. The predicted molar refractivity (Wildman–Crippen MR) is 94.6 cm³/mol. The average Bonchev–Trinajstić information content (AvgIpc) is 2.43. The molecule has 0 radical (unpaired) electrons. The molecule has 0 bridgehead atoms. The van der Waals surface area contributed by atoms with Crippen molar-refractivity contribution in [2.24, 2.45) is 5.41 Å². The second kappa shape index (κ2) is 7.76. The Labute approximate surface area is 156 Å². The molecule has 1 aromatic carbocycles. The normalized spacial score (nSPS) is 14.8. The summed E-state index contributed by atoms with van der Waals surface area (Å²) < 4.78 is 76.1. The molecule has 0 spiro atoms. The number of rotatable bonds is 5. The Morgan fingerprint density at radius 3 is 2.15 bits per heavy atom. The summed E-state index contributed by atoms with van der Waals surface area (Å²) in [6, 6.07) is 2.88. The van der Waals surface area contributed by atoms with Gasteiger partial charge in [0.1, 0.15) is 17.7 Å². The summed E-state index contributed by atoms with van der Waals surface area (Å²) in [5, 5.41) is 14.5. The van der Waals surface area contributed by atoms with E-state index in [1.807, 2.05) is 20.8 Å². The van der Waals surface area contributed by atoms with Crippen molar-refractivity contribution in [3.8, 4) is 6.07 Å². The lowest BCUT2D eigenvalue weighted by atomic mass is 9.88. The minimum absolute atomic E-state index is 0.318. The van der Waals surface area contributed by atoms with Crippen LogP contribution >= 0.6 is 0 Å². The summed E-state index contributed by atoms with van der Waals surface area (Å²) in [6.07, 6.45) is -3.99. The molecule has 5 nitrogen and oxygen atoms in total. The van der Waals surface area contributed by atoms with Crippen LogP contribution in [-0.2, 0) is 16.0 Å². The van der Waals surface area contributed by atoms with Gasteiger partial charge in [-0.2, -0.15) is 18.4 Å². The van der Waals surface area contributed by atoms with E-state index in [4.69, 9.17) is 0 Å². The molecular weight excluding hydrogens is 386 g/mol. The SMILES string of the molecule is CC(N/C(Nc1cc(F)cc(C(F)(F)F)c1)=C(/C#N)S(C)(=O)=O)C(C)(C)C. The van der Waals surface area contributed by atoms with Gasteiger partial charge in [0.05, 0.1) is 5.56 Å². The van der Waals surface area contributed by atoms with Gasteiger partial charge in [-0.05, 0) is 30.5 Å². The molecule has 0 aliphatic heterocycles. The van der Waals surface area contributed by atoms with Crippen LogP contribution in [0.25, 0.3) is 0 Å². The summed E-state index contributed by atoms with van der Waals surface area (Å²) in [5.41, 5.74) is -1.96. The number of halogens is 4. The van der Waals surface area contributed by atoms with Gasteiger partial charge in [0.15, 0.2) is 14.7 Å². The van der Waals surface area contributed by atoms with Gasteiger partial charge >= 0.3 is 6.18 Å². The Kier molecular flexibility index (Phi) is 6.54. The van der Waals surface area contributed by atoms with Crippen LogP contribution in [0, 0.1) is 22.6 Å². The van der Waals surface area contributed by atoms with Crippen LogP contribution in [-0.4, -0.2) is 20.7 Å². The van der Waals surface area contributed by atoms with Crippen LogP contribution in [0.2, 0.25) is 0 Å². The van der Waals surface area contributed by atoms with E-state index < -0.39 is 32.3 Å². The number of hydrogen-bond donors (Lipinski definition) is 2. The van der Waals surface area contributed by atoms with Crippen molar-refractivity contribution in [1.82, 2.24) is 5.32 Å². The molecule has 0 heterocycles. The quantitative estimate of drug-likeness (QED) is 0.569. The Morgan fingerprint density at radius 2 is 1.74 bits per heavy atom. The van der Waals surface area contributed by atoms with E-state index in [1.54, 1.807) is 6.92 Å². The number of benzene rings is 1. The van der Waals surface area contributed by atoms with Gasteiger partial charge in [0.2, 0.25) is 0 Å². The first-order valence-electron chi connectivity index (χ1n) is 7.81. The van der Waals surface area contributed by atoms with Crippen molar-refractivity contribution in [3.05, 3.63) is 40.3 Å². The maximum atomic E-state index is 13.6. The maximum absolute atomic E-state index is 13.6. The van der Waals surface area contributed by atoms with E-state index in [1.165, 1.54) is 6.07 Å². The fourth-order valence-electron chi connectivity index (χ4n) is 1.89. The Morgan fingerprint density at radius 1 is 1.19 bits per heavy atom. The summed E-state index contributed by atoms with van der Waals surface area (Å²) in [7, 11) is -4.00. The molecule has 27 heavy (non-hydrogen) atoms. The zero-order chi connectivity index (χ0) is 21.2. The minimum Gasteiger partial charge on any atom is -0.367 e. The van der Waals surface area contributed by atoms with Crippen molar-refractivity contribution < 1.29 is 26.0 Å². The fraction of sp³-hybridized carbons (Fsp3) is 0.471. The number of nitrogens with one attached hydrogen (secondary N) is 2. The molecule has 150 valence electrons. The topological polar surface area (TPSA) is 82.0 Å². The van der Waals surface area contributed by atoms with Crippen molar-refractivity contribution >= 4 is 15.5 Å². The number of alkyl halides is 3. The third kappa shape index (κ3) is 6.43. The molecule has 1 aromatic rings. The van der Waals surface area contributed by atoms with Gasteiger partial charge in [0.25, 0.3) is 0 Å². The Balaban J connectivity index is 3.50. The van der Waals surface area contributed by atoms with Crippen LogP contribution in [0.15, 0.2) is 28.9 Å². The van der Waals surface area contributed by atoms with Crippen molar-refractivity contribution in [2.45, 2.75) is 39.9 Å². The molecule has 0 aromatic heterocycles. The highest BCUT2D eigenvalue weighted by Gasteiger charge is 2.32. The van der Waals surface area contributed by atoms with Crippen molar-refractivity contribution in [3.63, 3.8) is 0 Å². The fourth-order valence-corrected chi connectivity index (χ4v) is 2.53. The zero-order valence-corrected chi connectivity index (χ0v) is 16.3. The molecule has 1 rings (SSSR count). The first-order chi connectivity index (χ1) is 12.1. The number of anilines is 1. The van der Waals surface area contributed by atoms with Gasteiger partial charge in [-0.25, -0.2) is 12.8 Å². The molecular formula is C17H21F4N3O2S. The molecule has 0 saturated carbocycles. The van der Waals surface area contributed by atoms with E-state index in [2.05, 4.69) is 10.6 Å². The highest BCUT2D eigenvalue weighted by Crippen LogP contribution is 2.32. The summed E-state index contributed by atoms with van der Waals surface area (Å²) >= 11 is 0. The van der Waals surface area contributed by atoms with Crippen LogP contribution in [0.1, 0.15) is 33.3 Å². The molecule has 0 fully saturated rings. The largest absolute Gasteiger partial charge is 0.416 e. The van der Waals surface area contributed by atoms with Gasteiger partial charge in [0, 0.05) is 18.0 Å². The minimum atomic E-state index is -4.79. The van der Waals surface area contributed by atoms with Gasteiger partial charge in [-0.3, -0.25) is 0 Å². The number of allylic oxidation sites excluding steroid dienone is 1. The first-order valence-corrected chi connectivity index (χ1v) is 9.70. The number of hydrogen-bond acceptors (Lipinski definition) is 5. The maximum Gasteiger partial charge on any atom is 0.416 e. The predicted octanol–water partition coefficient (Wildman–Crippen LogP) is 4.02. The van der Waals surface area contributed by atoms with E-state index in [0.29, 0.717) is 12.1 Å². The zero-order valence-electron chi connectivity index (χ0n) is 15.5. The third-order valence-electron chi connectivity index (χ3n) is 3.85. The molecule has 2 N–H and O–H groups in total. The second-order valence-electron chi connectivity index (χ2n) is 7.17. The summed E-state index contributed by atoms with van der Waals surface area (Å²) in [6.45, 7) is 7.25. The van der Waals surface area contributed by atoms with Crippen LogP contribution in [0.4, 0.5) is 23.2 Å². The van der Waals surface area contributed by atoms with Crippen molar-refractivity contribution in [2.75, 3.05) is 11.6 Å². The average molecular weight is 407 g/mol. The lowest BCUT2D eigenvalue weighted by molar-refractivity contribution is -0.137. The van der Waals surface area contributed by atoms with E-state index in [-0.39, 0.29) is 23.0 Å². The standard InChI is InChI=1S/C17H21F4N3O2S/c1-10(16(2,3)4)23-15(14(9-22)27(5,25)26)24-13-7-11(17(19,20)21)6-12(18)8-13/h6-8,10,23-24H,1-5H3/b15-14+. The summed E-state index contributed by atoms with van der Waals surface area (Å²) in [5.74, 6) is -1.48. The first kappa shape index (κ1) is 22.8. The Hall–Kier alpha value is -2.28. The smallest absolute Gasteiger partial charge is 0.367 e. The molecule has 10 heteroatoms. The van der Waals surface area contributed by atoms with Gasteiger partial charge in [-0.15, -0.1) is 0 Å². The molecule has 0 amide bonds. The van der Waals surface area contributed by atoms with E-state index in [9.17, 15) is 31.2 Å². The monoisotopic (exact) mass is 407 g/mol. The molecule has 0 aliphatic rings. The van der Waals surface area contributed by atoms with Crippen LogP contribution in [0.5, 0.6) is 0 Å². The lowest BCUT2D eigenvalue weighted by Crippen LogP contribution is -2.40. The molecule has 0 saturated heterocycles. The number of nitrogens with zero attached hydrogens (tertiary/aromatic N) is 1. The lowest BCUT2D eigenvalue weighted by Gasteiger charge is -2.30. The Bertz CT molecular complexity index is 879. The van der Waals surface area contributed by atoms with Crippen LogP contribution < -0.4 is 10.6 Å². The second-order valence-corrected chi connectivity index (χ2v) is 9.12. The molecule has 1 atom stereocenters. The third-order valence-corrected chi connectivity index (χ3v) is 4.89. The number of nitriles is 1. The van der Waals surface area contributed by atoms with E-state index >= 15 is 0 Å². The van der Waals surface area contributed by atoms with Gasteiger partial charge in [-0.1, -0.05) is 20.8 Å². The van der Waals surface area contributed by atoms with Crippen LogP contribution in [0.3, 0.4) is 0 Å². The van der Waals surface area contributed by atoms with Gasteiger partial charge < -0.3 is 10.6 Å². The highest BCUT2D eigenvalue weighted by atomic mass is 32.2. The van der Waals surface area contributed by atoms with Crippen molar-refractivity contribution in [1.29, 1.82) is 5.26 Å². The molecule has 0 aliphatic carbocycles. The van der Waals surface area contributed by atoms with E-state index in [0.717, 1.165) is 12.3 Å². The summed E-state index contributed by atoms with van der Waals surface area (Å²) in [4.78, 5) is -0.698. The highest BCUT2D eigenvalue weighted by molar-refractivity contribution is 7.94.